The minimum atomic E-state index is -0.0119. The minimum Gasteiger partial charge on any atom is -0.300 e. The predicted molar refractivity (Wildman–Crippen MR) is 67.4 cm³/mol. The molecule has 1 aliphatic carbocycles. The number of amides is 1. The van der Waals surface area contributed by atoms with Crippen molar-refractivity contribution in [2.75, 3.05) is 5.32 Å². The van der Waals surface area contributed by atoms with Crippen LogP contribution in [-0.4, -0.2) is 25.5 Å². The monoisotopic (exact) mass is 263 g/mol. The van der Waals surface area contributed by atoms with Crippen molar-refractivity contribution in [3.05, 3.63) is 23.3 Å². The Kier molecular flexibility index (Phi) is 2.83. The van der Waals surface area contributed by atoms with E-state index in [1.807, 2.05) is 13.1 Å². The molecule has 7 heteroatoms. The van der Waals surface area contributed by atoms with Crippen molar-refractivity contribution >= 4 is 22.6 Å². The van der Waals surface area contributed by atoms with Gasteiger partial charge in [-0.15, -0.1) is 0 Å². The molecule has 2 aromatic rings. The molecule has 94 valence electrons. The quantitative estimate of drug-likeness (QED) is 0.855. The van der Waals surface area contributed by atoms with Gasteiger partial charge in [0.1, 0.15) is 5.82 Å². The van der Waals surface area contributed by atoms with Crippen LogP contribution in [0.25, 0.3) is 0 Å². The van der Waals surface area contributed by atoms with E-state index in [4.69, 9.17) is 0 Å². The maximum atomic E-state index is 12.1. The summed E-state index contributed by atoms with van der Waals surface area (Å²) in [6, 6.07) is 0. The molecule has 2 heterocycles. The predicted octanol–water partition coefficient (Wildman–Crippen LogP) is 1.31. The molecule has 1 aliphatic rings. The smallest absolute Gasteiger partial charge is 0.229 e. The number of hydrogen-bond donors (Lipinski definition) is 2. The van der Waals surface area contributed by atoms with E-state index in [0.29, 0.717) is 11.0 Å². The molecule has 0 fully saturated rings. The summed E-state index contributed by atoms with van der Waals surface area (Å²) >= 11 is 1.22. The number of carbonyl (C=O) groups excluding carboxylic acids is 1. The zero-order chi connectivity index (χ0) is 12.5. The van der Waals surface area contributed by atoms with Crippen LogP contribution in [0.2, 0.25) is 0 Å². The van der Waals surface area contributed by atoms with E-state index < -0.39 is 0 Å². The van der Waals surface area contributed by atoms with Crippen LogP contribution in [0, 0.1) is 12.8 Å². The van der Waals surface area contributed by atoms with Crippen molar-refractivity contribution in [2.24, 2.45) is 5.92 Å². The van der Waals surface area contributed by atoms with E-state index in [9.17, 15) is 4.79 Å². The largest absolute Gasteiger partial charge is 0.300 e. The van der Waals surface area contributed by atoms with Gasteiger partial charge < -0.3 is 5.32 Å². The van der Waals surface area contributed by atoms with Crippen LogP contribution in [-0.2, 0) is 17.6 Å². The third-order valence-electron chi connectivity index (χ3n) is 3.15. The standard InChI is InChI=1S/C11H13N5OS/c1-6-13-11(18-16-6)14-10(17)7-2-3-8-5-12-15-9(8)4-7/h5,7H,2-4H2,1H3,(H,12,15)(H,13,14,16,17). The van der Waals surface area contributed by atoms with Gasteiger partial charge in [-0.05, 0) is 25.3 Å². The van der Waals surface area contributed by atoms with Gasteiger partial charge in [0.15, 0.2) is 0 Å². The van der Waals surface area contributed by atoms with Gasteiger partial charge >= 0.3 is 0 Å². The summed E-state index contributed by atoms with van der Waals surface area (Å²) in [5.41, 5.74) is 2.31. The Morgan fingerprint density at radius 2 is 2.50 bits per heavy atom. The molecule has 2 N–H and O–H groups in total. The van der Waals surface area contributed by atoms with Gasteiger partial charge in [0.05, 0.1) is 6.20 Å². The van der Waals surface area contributed by atoms with Crippen LogP contribution in [0.5, 0.6) is 0 Å². The number of aryl methyl sites for hydroxylation is 2. The maximum Gasteiger partial charge on any atom is 0.229 e. The first-order chi connectivity index (χ1) is 8.72. The summed E-state index contributed by atoms with van der Waals surface area (Å²) in [6.45, 7) is 1.81. The highest BCUT2D eigenvalue weighted by Crippen LogP contribution is 2.25. The Labute approximate surface area is 108 Å². The average molecular weight is 263 g/mol. The molecule has 0 aromatic carbocycles. The van der Waals surface area contributed by atoms with E-state index in [1.165, 1.54) is 17.1 Å². The lowest BCUT2D eigenvalue weighted by atomic mass is 9.87. The molecule has 0 spiro atoms. The number of H-pyrrole nitrogens is 1. The van der Waals surface area contributed by atoms with Crippen LogP contribution in [0.4, 0.5) is 5.13 Å². The van der Waals surface area contributed by atoms with Crippen LogP contribution in [0.15, 0.2) is 6.20 Å². The number of carbonyl (C=O) groups is 1. The minimum absolute atomic E-state index is 0.0119. The number of anilines is 1. The lowest BCUT2D eigenvalue weighted by Crippen LogP contribution is -2.28. The zero-order valence-corrected chi connectivity index (χ0v) is 10.8. The van der Waals surface area contributed by atoms with E-state index in [0.717, 1.165) is 25.0 Å². The van der Waals surface area contributed by atoms with Crippen LogP contribution < -0.4 is 5.32 Å². The SMILES string of the molecule is Cc1nsc(NC(=O)C2CCc3cn[nH]c3C2)n1. The molecule has 18 heavy (non-hydrogen) atoms. The fourth-order valence-corrected chi connectivity index (χ4v) is 2.77. The van der Waals surface area contributed by atoms with Crippen LogP contribution in [0.3, 0.4) is 0 Å². The van der Waals surface area contributed by atoms with E-state index in [-0.39, 0.29) is 11.8 Å². The molecule has 3 rings (SSSR count). The summed E-state index contributed by atoms with van der Waals surface area (Å²) in [5.74, 6) is 0.698. The van der Waals surface area contributed by atoms with Gasteiger partial charge in [0.2, 0.25) is 11.0 Å². The molecule has 0 aliphatic heterocycles. The summed E-state index contributed by atoms with van der Waals surface area (Å²) in [7, 11) is 0. The Hall–Kier alpha value is -1.76. The van der Waals surface area contributed by atoms with Crippen molar-refractivity contribution in [3.63, 3.8) is 0 Å². The van der Waals surface area contributed by atoms with Gasteiger partial charge in [-0.2, -0.15) is 9.47 Å². The average Bonchev–Trinajstić information content (AvgIpc) is 2.96. The third kappa shape index (κ3) is 2.13. The van der Waals surface area contributed by atoms with Gasteiger partial charge in [-0.25, -0.2) is 4.98 Å². The van der Waals surface area contributed by atoms with E-state index >= 15 is 0 Å². The van der Waals surface area contributed by atoms with Crippen molar-refractivity contribution in [3.8, 4) is 0 Å². The summed E-state index contributed by atoms with van der Waals surface area (Å²) < 4.78 is 4.04. The normalized spacial score (nSPS) is 18.4. The number of rotatable bonds is 2. The molecule has 1 unspecified atom stereocenters. The van der Waals surface area contributed by atoms with Crippen LogP contribution in [0.1, 0.15) is 23.5 Å². The molecule has 0 saturated heterocycles. The fraction of sp³-hybridized carbons (Fsp3) is 0.455. The number of nitrogens with one attached hydrogen (secondary N) is 2. The molecule has 0 bridgehead atoms. The van der Waals surface area contributed by atoms with E-state index in [2.05, 4.69) is 24.9 Å². The molecule has 1 amide bonds. The summed E-state index contributed by atoms with van der Waals surface area (Å²) in [4.78, 5) is 16.2. The molecule has 1 atom stereocenters. The Morgan fingerprint density at radius 1 is 1.61 bits per heavy atom. The molecule has 0 radical (unpaired) electrons. The first-order valence-corrected chi connectivity index (χ1v) is 6.62. The van der Waals surface area contributed by atoms with Gasteiger partial charge in [-0.3, -0.25) is 9.89 Å². The van der Waals surface area contributed by atoms with Gasteiger partial charge in [-0.1, -0.05) is 0 Å². The summed E-state index contributed by atoms with van der Waals surface area (Å²) in [5, 5.41) is 10.4. The van der Waals surface area contributed by atoms with Gasteiger partial charge in [0, 0.05) is 29.6 Å². The maximum absolute atomic E-state index is 12.1. The number of nitrogens with zero attached hydrogens (tertiary/aromatic N) is 3. The number of aromatic nitrogens is 4. The highest BCUT2D eigenvalue weighted by Gasteiger charge is 2.26. The molecular formula is C11H13N5OS. The van der Waals surface area contributed by atoms with Gasteiger partial charge in [0.25, 0.3) is 0 Å². The van der Waals surface area contributed by atoms with E-state index in [1.54, 1.807) is 0 Å². The number of hydrogen-bond acceptors (Lipinski definition) is 5. The zero-order valence-electron chi connectivity index (χ0n) is 9.93. The van der Waals surface area contributed by atoms with Crippen molar-refractivity contribution in [2.45, 2.75) is 26.2 Å². The molecule has 6 nitrogen and oxygen atoms in total. The topological polar surface area (TPSA) is 83.6 Å². The lowest BCUT2D eigenvalue weighted by molar-refractivity contribution is -0.120. The molecule has 2 aromatic heterocycles. The third-order valence-corrected chi connectivity index (χ3v) is 3.87. The first-order valence-electron chi connectivity index (χ1n) is 5.84. The second-order valence-corrected chi connectivity index (χ2v) is 5.20. The Balaban J connectivity index is 1.67. The highest BCUT2D eigenvalue weighted by atomic mass is 32.1. The first kappa shape index (κ1) is 11.3. The molecular weight excluding hydrogens is 250 g/mol. The summed E-state index contributed by atoms with van der Waals surface area (Å²) in [6.07, 6.45) is 4.33. The number of aromatic amines is 1. The second-order valence-electron chi connectivity index (χ2n) is 4.45. The van der Waals surface area contributed by atoms with Crippen molar-refractivity contribution in [1.29, 1.82) is 0 Å². The highest BCUT2D eigenvalue weighted by molar-refractivity contribution is 7.09. The Morgan fingerprint density at radius 3 is 3.28 bits per heavy atom. The second kappa shape index (κ2) is 4.49. The fourth-order valence-electron chi connectivity index (χ4n) is 2.19. The van der Waals surface area contributed by atoms with Crippen molar-refractivity contribution in [1.82, 2.24) is 19.6 Å². The number of fused-ring (bicyclic) bond motifs is 1. The van der Waals surface area contributed by atoms with Crippen molar-refractivity contribution < 1.29 is 4.79 Å². The Bertz CT molecular complexity index is 576. The van der Waals surface area contributed by atoms with Crippen LogP contribution >= 0.6 is 11.5 Å². The molecule has 0 saturated carbocycles. The lowest BCUT2D eigenvalue weighted by Gasteiger charge is -2.19.